The maximum Gasteiger partial charge on any atom is 0.309 e. The van der Waals surface area contributed by atoms with Crippen LogP contribution in [0.4, 0.5) is 0 Å². The van der Waals surface area contributed by atoms with E-state index >= 15 is 0 Å². The summed E-state index contributed by atoms with van der Waals surface area (Å²) < 4.78 is 5.55. The lowest BCUT2D eigenvalue weighted by atomic mass is 9.83. The van der Waals surface area contributed by atoms with Gasteiger partial charge in [-0.3, -0.25) is 4.79 Å². The molecule has 2 aliphatic carbocycles. The number of rotatable bonds is 5. The Balaban J connectivity index is 1.70. The fraction of sp³-hybridized carbons (Fsp3) is 0.941. The second kappa shape index (κ2) is 8.02. The molecule has 2 rings (SSSR count). The van der Waals surface area contributed by atoms with Crippen LogP contribution in [0.25, 0.3) is 0 Å². The van der Waals surface area contributed by atoms with Gasteiger partial charge in [-0.05, 0) is 38.5 Å². The summed E-state index contributed by atoms with van der Waals surface area (Å²) in [7, 11) is 0. The Morgan fingerprint density at radius 1 is 1.05 bits per heavy atom. The number of esters is 1. The van der Waals surface area contributed by atoms with Crippen molar-refractivity contribution in [3.05, 3.63) is 0 Å². The summed E-state index contributed by atoms with van der Waals surface area (Å²) in [5, 5.41) is 10.3. The summed E-state index contributed by atoms with van der Waals surface area (Å²) in [6.07, 6.45) is 11.7. The van der Waals surface area contributed by atoms with E-state index in [2.05, 4.69) is 0 Å². The predicted molar refractivity (Wildman–Crippen MR) is 79.3 cm³/mol. The predicted octanol–water partition coefficient (Wildman–Crippen LogP) is 3.83. The van der Waals surface area contributed by atoms with Crippen LogP contribution in [-0.4, -0.2) is 23.3 Å². The Bertz CT molecular complexity index is 291. The Kier molecular flexibility index (Phi) is 6.34. The van der Waals surface area contributed by atoms with Gasteiger partial charge < -0.3 is 9.84 Å². The van der Waals surface area contributed by atoms with Crippen LogP contribution in [0.15, 0.2) is 0 Å². The Morgan fingerprint density at radius 2 is 1.60 bits per heavy atom. The Hall–Kier alpha value is -0.570. The van der Waals surface area contributed by atoms with Crippen LogP contribution in [0.1, 0.15) is 77.6 Å². The molecule has 0 amide bonds. The van der Waals surface area contributed by atoms with Crippen LogP contribution in [0.2, 0.25) is 0 Å². The quantitative estimate of drug-likeness (QED) is 0.780. The first-order chi connectivity index (χ1) is 9.66. The zero-order valence-corrected chi connectivity index (χ0v) is 12.9. The molecule has 2 fully saturated rings. The molecule has 3 nitrogen and oxygen atoms in total. The lowest BCUT2D eigenvalue weighted by Gasteiger charge is -2.29. The highest BCUT2D eigenvalue weighted by Gasteiger charge is 2.27. The monoisotopic (exact) mass is 282 g/mol. The van der Waals surface area contributed by atoms with Crippen molar-refractivity contribution in [3.63, 3.8) is 0 Å². The zero-order valence-electron chi connectivity index (χ0n) is 12.9. The minimum Gasteiger partial charge on any atom is -0.462 e. The molecule has 1 N–H and O–H groups in total. The molecule has 20 heavy (non-hydrogen) atoms. The molecule has 0 aromatic heterocycles. The standard InChI is InChI=1S/C17H30O3/c1-13(12-16(18)14-8-4-2-5-9-14)20-17(19)15-10-6-3-7-11-15/h13-16,18H,2-12H2,1H3/t13-,16+/m1/s1. The van der Waals surface area contributed by atoms with E-state index in [0.29, 0.717) is 12.3 Å². The second-order valence-corrected chi connectivity index (χ2v) is 6.78. The second-order valence-electron chi connectivity index (χ2n) is 6.78. The molecule has 3 heteroatoms. The van der Waals surface area contributed by atoms with E-state index in [4.69, 9.17) is 4.74 Å². The highest BCUT2D eigenvalue weighted by atomic mass is 16.5. The van der Waals surface area contributed by atoms with Crippen LogP contribution in [-0.2, 0) is 9.53 Å². The summed E-state index contributed by atoms with van der Waals surface area (Å²) in [4.78, 5) is 12.1. The Morgan fingerprint density at radius 3 is 2.20 bits per heavy atom. The van der Waals surface area contributed by atoms with Crippen molar-refractivity contribution in [2.75, 3.05) is 0 Å². The highest BCUT2D eigenvalue weighted by Crippen LogP contribution is 2.29. The smallest absolute Gasteiger partial charge is 0.309 e. The average molecular weight is 282 g/mol. The average Bonchev–Trinajstić information content (AvgIpc) is 2.49. The van der Waals surface area contributed by atoms with Crippen molar-refractivity contribution < 1.29 is 14.6 Å². The molecule has 0 aromatic rings. The van der Waals surface area contributed by atoms with Gasteiger partial charge >= 0.3 is 5.97 Å². The van der Waals surface area contributed by atoms with Crippen molar-refractivity contribution in [2.45, 2.75) is 89.8 Å². The van der Waals surface area contributed by atoms with Crippen molar-refractivity contribution in [3.8, 4) is 0 Å². The third-order valence-corrected chi connectivity index (χ3v) is 5.02. The molecular weight excluding hydrogens is 252 g/mol. The van der Waals surface area contributed by atoms with Crippen LogP contribution in [0.5, 0.6) is 0 Å². The van der Waals surface area contributed by atoms with Crippen LogP contribution < -0.4 is 0 Å². The van der Waals surface area contributed by atoms with Crippen LogP contribution in [0.3, 0.4) is 0 Å². The first-order valence-electron chi connectivity index (χ1n) is 8.55. The molecule has 0 aromatic carbocycles. The van der Waals surface area contributed by atoms with Gasteiger partial charge in [-0.25, -0.2) is 0 Å². The van der Waals surface area contributed by atoms with E-state index in [1.54, 1.807) is 0 Å². The van der Waals surface area contributed by atoms with Gasteiger partial charge in [0.25, 0.3) is 0 Å². The van der Waals surface area contributed by atoms with Gasteiger partial charge in [-0.2, -0.15) is 0 Å². The topological polar surface area (TPSA) is 46.5 Å². The van der Waals surface area contributed by atoms with Crippen molar-refractivity contribution in [2.24, 2.45) is 11.8 Å². The molecule has 0 spiro atoms. The summed E-state index contributed by atoms with van der Waals surface area (Å²) in [6, 6.07) is 0. The van der Waals surface area contributed by atoms with E-state index in [1.807, 2.05) is 6.92 Å². The van der Waals surface area contributed by atoms with Crippen molar-refractivity contribution in [1.29, 1.82) is 0 Å². The number of carbonyl (C=O) groups is 1. The minimum atomic E-state index is -0.301. The van der Waals surface area contributed by atoms with Crippen molar-refractivity contribution >= 4 is 5.97 Å². The Labute approximate surface area is 123 Å². The first kappa shape index (κ1) is 15.8. The third kappa shape index (κ3) is 4.76. The van der Waals surface area contributed by atoms with Crippen LogP contribution >= 0.6 is 0 Å². The summed E-state index contributed by atoms with van der Waals surface area (Å²) >= 11 is 0. The van der Waals surface area contributed by atoms with Gasteiger partial charge in [0.15, 0.2) is 0 Å². The van der Waals surface area contributed by atoms with Gasteiger partial charge in [0, 0.05) is 6.42 Å². The summed E-state index contributed by atoms with van der Waals surface area (Å²) in [5.74, 6) is 0.491. The lowest BCUT2D eigenvalue weighted by molar-refractivity contribution is -0.156. The normalized spacial score (nSPS) is 25.1. The largest absolute Gasteiger partial charge is 0.462 e. The van der Waals surface area contributed by atoms with Gasteiger partial charge in [0.1, 0.15) is 6.10 Å². The lowest BCUT2D eigenvalue weighted by Crippen LogP contribution is -2.30. The fourth-order valence-corrected chi connectivity index (χ4v) is 3.73. The molecule has 2 aliphatic rings. The van der Waals surface area contributed by atoms with Gasteiger partial charge in [0.05, 0.1) is 12.0 Å². The van der Waals surface area contributed by atoms with E-state index < -0.39 is 0 Å². The SMILES string of the molecule is C[C@H](C[C@H](O)C1CCCCC1)OC(=O)C1CCCCC1. The molecule has 2 saturated carbocycles. The van der Waals surface area contributed by atoms with Gasteiger partial charge in [-0.15, -0.1) is 0 Å². The number of ether oxygens (including phenoxy) is 1. The molecular formula is C17H30O3. The molecule has 0 heterocycles. The van der Waals surface area contributed by atoms with E-state index in [-0.39, 0.29) is 24.1 Å². The number of aliphatic hydroxyl groups is 1. The molecule has 0 bridgehead atoms. The maximum atomic E-state index is 12.1. The van der Waals surface area contributed by atoms with E-state index in [1.165, 1.54) is 25.7 Å². The molecule has 2 atom stereocenters. The first-order valence-corrected chi connectivity index (χ1v) is 8.55. The van der Waals surface area contributed by atoms with Crippen molar-refractivity contribution in [1.82, 2.24) is 0 Å². The van der Waals surface area contributed by atoms with Gasteiger partial charge in [0.2, 0.25) is 0 Å². The maximum absolute atomic E-state index is 12.1. The number of hydrogen-bond donors (Lipinski definition) is 1. The van der Waals surface area contributed by atoms with Gasteiger partial charge in [-0.1, -0.05) is 38.5 Å². The molecule has 0 unspecified atom stereocenters. The third-order valence-electron chi connectivity index (χ3n) is 5.02. The molecule has 0 aliphatic heterocycles. The molecule has 116 valence electrons. The fourth-order valence-electron chi connectivity index (χ4n) is 3.73. The summed E-state index contributed by atoms with van der Waals surface area (Å²) in [5.41, 5.74) is 0. The summed E-state index contributed by atoms with van der Waals surface area (Å²) in [6.45, 7) is 1.92. The number of hydrogen-bond acceptors (Lipinski definition) is 3. The molecule has 0 saturated heterocycles. The minimum absolute atomic E-state index is 0.0342. The highest BCUT2D eigenvalue weighted by molar-refractivity contribution is 5.72. The van der Waals surface area contributed by atoms with E-state index in [9.17, 15) is 9.90 Å². The number of aliphatic hydroxyl groups excluding tert-OH is 1. The van der Waals surface area contributed by atoms with E-state index in [0.717, 1.165) is 38.5 Å². The van der Waals surface area contributed by atoms with Crippen LogP contribution in [0, 0.1) is 11.8 Å². The number of carbonyl (C=O) groups excluding carboxylic acids is 1. The molecule has 0 radical (unpaired) electrons. The zero-order chi connectivity index (χ0) is 14.4.